The minimum Gasteiger partial charge on any atom is -0.395 e. The van der Waals surface area contributed by atoms with Crippen LogP contribution in [0.25, 0.3) is 0 Å². The highest BCUT2D eigenvalue weighted by molar-refractivity contribution is 5.79. The standard InChI is InChI=1S/C12H25N3O2/c1-10(2)11(9-13)12(17)15-5-3-14(4-6-15)7-8-16/h10-11,16H,3-9,13H2,1-2H3. The minimum atomic E-state index is -0.0561. The summed E-state index contributed by atoms with van der Waals surface area (Å²) in [5, 5.41) is 8.85. The maximum absolute atomic E-state index is 12.2. The number of rotatable bonds is 5. The van der Waals surface area contributed by atoms with E-state index in [1.165, 1.54) is 0 Å². The zero-order valence-electron chi connectivity index (χ0n) is 10.9. The maximum atomic E-state index is 12.2. The third-order valence-electron chi connectivity index (χ3n) is 3.48. The lowest BCUT2D eigenvalue weighted by atomic mass is 9.94. The molecular formula is C12H25N3O2. The molecule has 5 nitrogen and oxygen atoms in total. The lowest BCUT2D eigenvalue weighted by molar-refractivity contribution is -0.138. The zero-order chi connectivity index (χ0) is 12.8. The highest BCUT2D eigenvalue weighted by Crippen LogP contribution is 2.14. The van der Waals surface area contributed by atoms with E-state index in [0.29, 0.717) is 19.0 Å². The van der Waals surface area contributed by atoms with Gasteiger partial charge in [-0.1, -0.05) is 13.8 Å². The highest BCUT2D eigenvalue weighted by atomic mass is 16.3. The first-order valence-electron chi connectivity index (χ1n) is 6.42. The topological polar surface area (TPSA) is 69.8 Å². The van der Waals surface area contributed by atoms with E-state index in [1.807, 2.05) is 18.7 Å². The molecule has 1 atom stereocenters. The fourth-order valence-corrected chi connectivity index (χ4v) is 2.23. The Balaban J connectivity index is 2.45. The molecule has 3 N–H and O–H groups in total. The summed E-state index contributed by atoms with van der Waals surface area (Å²) in [6, 6.07) is 0. The number of carbonyl (C=O) groups is 1. The summed E-state index contributed by atoms with van der Waals surface area (Å²) in [7, 11) is 0. The number of carbonyl (C=O) groups excluding carboxylic acids is 1. The van der Waals surface area contributed by atoms with Gasteiger partial charge < -0.3 is 15.7 Å². The number of amides is 1. The van der Waals surface area contributed by atoms with Gasteiger partial charge in [0, 0.05) is 39.3 Å². The van der Waals surface area contributed by atoms with E-state index in [4.69, 9.17) is 10.8 Å². The molecule has 5 heteroatoms. The highest BCUT2D eigenvalue weighted by Gasteiger charge is 2.28. The van der Waals surface area contributed by atoms with E-state index in [2.05, 4.69) is 4.90 Å². The van der Waals surface area contributed by atoms with Crippen LogP contribution in [-0.4, -0.2) is 66.7 Å². The number of β-amino-alcohol motifs (C(OH)–C–C–N with tert-alkyl or cyclic N) is 1. The minimum absolute atomic E-state index is 0.0561. The van der Waals surface area contributed by atoms with E-state index >= 15 is 0 Å². The molecule has 0 aliphatic carbocycles. The normalized spacial score (nSPS) is 19.7. The van der Waals surface area contributed by atoms with Crippen LogP contribution >= 0.6 is 0 Å². The van der Waals surface area contributed by atoms with Gasteiger partial charge in [-0.25, -0.2) is 0 Å². The summed E-state index contributed by atoms with van der Waals surface area (Å²) in [6.45, 7) is 8.59. The monoisotopic (exact) mass is 243 g/mol. The Hall–Kier alpha value is -0.650. The van der Waals surface area contributed by atoms with Crippen molar-refractivity contribution in [3.8, 4) is 0 Å². The average molecular weight is 243 g/mol. The summed E-state index contributed by atoms with van der Waals surface area (Å²) in [5.41, 5.74) is 5.67. The molecule has 0 radical (unpaired) electrons. The Kier molecular flexibility index (Phi) is 5.88. The molecule has 1 fully saturated rings. The summed E-state index contributed by atoms with van der Waals surface area (Å²) < 4.78 is 0. The summed E-state index contributed by atoms with van der Waals surface area (Å²) in [6.07, 6.45) is 0. The van der Waals surface area contributed by atoms with E-state index in [1.54, 1.807) is 0 Å². The Morgan fingerprint density at radius 3 is 2.29 bits per heavy atom. The van der Waals surface area contributed by atoms with Gasteiger partial charge in [0.15, 0.2) is 0 Å². The molecule has 1 aliphatic rings. The van der Waals surface area contributed by atoms with Crippen LogP contribution in [0.15, 0.2) is 0 Å². The first kappa shape index (κ1) is 14.4. The number of piperazine rings is 1. The van der Waals surface area contributed by atoms with E-state index < -0.39 is 0 Å². The quantitative estimate of drug-likeness (QED) is 0.673. The van der Waals surface area contributed by atoms with Gasteiger partial charge in [0.1, 0.15) is 0 Å². The van der Waals surface area contributed by atoms with Crippen LogP contribution < -0.4 is 5.73 Å². The lowest BCUT2D eigenvalue weighted by Crippen LogP contribution is -2.52. The number of hydrogen-bond acceptors (Lipinski definition) is 4. The molecule has 100 valence electrons. The molecule has 1 unspecified atom stereocenters. The average Bonchev–Trinajstić information content (AvgIpc) is 2.30. The van der Waals surface area contributed by atoms with E-state index in [0.717, 1.165) is 26.2 Å². The molecule has 0 bridgehead atoms. The third kappa shape index (κ3) is 3.94. The van der Waals surface area contributed by atoms with Gasteiger partial charge in [0.25, 0.3) is 0 Å². The molecular weight excluding hydrogens is 218 g/mol. The summed E-state index contributed by atoms with van der Waals surface area (Å²) in [4.78, 5) is 16.3. The lowest BCUT2D eigenvalue weighted by Gasteiger charge is -2.36. The van der Waals surface area contributed by atoms with Crippen LogP contribution in [0.2, 0.25) is 0 Å². The number of nitrogens with zero attached hydrogens (tertiary/aromatic N) is 2. The van der Waals surface area contributed by atoms with Gasteiger partial charge in [0.05, 0.1) is 12.5 Å². The second kappa shape index (κ2) is 6.93. The molecule has 1 heterocycles. The van der Waals surface area contributed by atoms with Gasteiger partial charge >= 0.3 is 0 Å². The maximum Gasteiger partial charge on any atom is 0.227 e. The molecule has 1 saturated heterocycles. The predicted molar refractivity (Wildman–Crippen MR) is 67.5 cm³/mol. The number of nitrogens with two attached hydrogens (primary N) is 1. The molecule has 1 rings (SSSR count). The SMILES string of the molecule is CC(C)C(CN)C(=O)N1CCN(CCO)CC1. The molecule has 1 aliphatic heterocycles. The largest absolute Gasteiger partial charge is 0.395 e. The molecule has 1 amide bonds. The Bertz CT molecular complexity index is 238. The first-order valence-corrected chi connectivity index (χ1v) is 6.42. The van der Waals surface area contributed by atoms with Gasteiger partial charge in [-0.15, -0.1) is 0 Å². The van der Waals surface area contributed by atoms with Crippen LogP contribution in [0.5, 0.6) is 0 Å². The van der Waals surface area contributed by atoms with Crippen molar-refractivity contribution in [2.75, 3.05) is 45.9 Å². The van der Waals surface area contributed by atoms with Crippen molar-refractivity contribution in [2.24, 2.45) is 17.6 Å². The molecule has 0 saturated carbocycles. The van der Waals surface area contributed by atoms with Crippen molar-refractivity contribution in [1.29, 1.82) is 0 Å². The first-order chi connectivity index (χ1) is 8.10. The summed E-state index contributed by atoms with van der Waals surface area (Å²) >= 11 is 0. The van der Waals surface area contributed by atoms with Crippen molar-refractivity contribution in [1.82, 2.24) is 9.80 Å². The summed E-state index contributed by atoms with van der Waals surface area (Å²) in [5.74, 6) is 0.425. The third-order valence-corrected chi connectivity index (χ3v) is 3.48. The van der Waals surface area contributed by atoms with Crippen LogP contribution in [0.3, 0.4) is 0 Å². The van der Waals surface area contributed by atoms with Crippen LogP contribution in [-0.2, 0) is 4.79 Å². The van der Waals surface area contributed by atoms with Crippen LogP contribution in [0, 0.1) is 11.8 Å². The van der Waals surface area contributed by atoms with Crippen molar-refractivity contribution >= 4 is 5.91 Å². The number of hydrogen-bond donors (Lipinski definition) is 2. The van der Waals surface area contributed by atoms with Crippen molar-refractivity contribution in [3.05, 3.63) is 0 Å². The molecule has 0 aromatic rings. The van der Waals surface area contributed by atoms with Gasteiger partial charge in [-0.2, -0.15) is 0 Å². The molecule has 0 spiro atoms. The van der Waals surface area contributed by atoms with Gasteiger partial charge in [-0.05, 0) is 5.92 Å². The smallest absolute Gasteiger partial charge is 0.227 e. The predicted octanol–water partition coefficient (Wildman–Crippen LogP) is -0.646. The number of aliphatic hydroxyl groups excluding tert-OH is 1. The number of aliphatic hydroxyl groups is 1. The Morgan fingerprint density at radius 1 is 1.29 bits per heavy atom. The van der Waals surface area contributed by atoms with E-state index in [-0.39, 0.29) is 18.4 Å². The van der Waals surface area contributed by atoms with Crippen LogP contribution in [0.4, 0.5) is 0 Å². The van der Waals surface area contributed by atoms with Gasteiger partial charge in [0.2, 0.25) is 5.91 Å². The molecule has 0 aromatic heterocycles. The van der Waals surface area contributed by atoms with E-state index in [9.17, 15) is 4.79 Å². The Morgan fingerprint density at radius 2 is 1.88 bits per heavy atom. The fourth-order valence-electron chi connectivity index (χ4n) is 2.23. The zero-order valence-corrected chi connectivity index (χ0v) is 10.9. The Labute approximate surface area is 104 Å². The molecule has 17 heavy (non-hydrogen) atoms. The van der Waals surface area contributed by atoms with Crippen LogP contribution in [0.1, 0.15) is 13.8 Å². The van der Waals surface area contributed by atoms with Crippen molar-refractivity contribution in [2.45, 2.75) is 13.8 Å². The molecule has 0 aromatic carbocycles. The van der Waals surface area contributed by atoms with Crippen molar-refractivity contribution < 1.29 is 9.90 Å². The second-order valence-electron chi connectivity index (χ2n) is 4.98. The fraction of sp³-hybridized carbons (Fsp3) is 0.917. The second-order valence-corrected chi connectivity index (χ2v) is 4.98. The van der Waals surface area contributed by atoms with Gasteiger partial charge in [-0.3, -0.25) is 9.69 Å². The van der Waals surface area contributed by atoms with Crippen molar-refractivity contribution in [3.63, 3.8) is 0 Å².